The van der Waals surface area contributed by atoms with Gasteiger partial charge in [0, 0.05) is 22.2 Å². The van der Waals surface area contributed by atoms with Crippen molar-refractivity contribution in [3.8, 4) is 11.4 Å². The summed E-state index contributed by atoms with van der Waals surface area (Å²) in [5.41, 5.74) is 9.38. The molecule has 3 rings (SSSR count). The molecule has 3 N–H and O–H groups in total. The number of para-hydroxylation sites is 1. The highest BCUT2D eigenvalue weighted by molar-refractivity contribution is 5.95. The van der Waals surface area contributed by atoms with Crippen molar-refractivity contribution in [2.45, 2.75) is 6.92 Å². The molecule has 1 aromatic carbocycles. The van der Waals surface area contributed by atoms with Crippen molar-refractivity contribution in [3.05, 3.63) is 42.4 Å². The van der Waals surface area contributed by atoms with Crippen molar-refractivity contribution in [2.24, 2.45) is 0 Å². The van der Waals surface area contributed by atoms with Gasteiger partial charge in [-0.3, -0.25) is 0 Å². The number of nitrogens with zero attached hydrogens (tertiary/aromatic N) is 2. The highest BCUT2D eigenvalue weighted by atomic mass is 14.9. The van der Waals surface area contributed by atoms with Crippen LogP contribution in [0.5, 0.6) is 0 Å². The second kappa shape index (κ2) is 3.59. The van der Waals surface area contributed by atoms with E-state index >= 15 is 0 Å². The Labute approximate surface area is 98.5 Å². The van der Waals surface area contributed by atoms with Crippen molar-refractivity contribution in [3.63, 3.8) is 0 Å². The first-order valence-corrected chi connectivity index (χ1v) is 5.41. The summed E-state index contributed by atoms with van der Waals surface area (Å²) in [6, 6.07) is 8.12. The van der Waals surface area contributed by atoms with E-state index < -0.39 is 0 Å². The number of anilines is 1. The zero-order chi connectivity index (χ0) is 11.8. The van der Waals surface area contributed by atoms with Gasteiger partial charge < -0.3 is 10.7 Å². The van der Waals surface area contributed by atoms with Gasteiger partial charge in [0.25, 0.3) is 0 Å². The van der Waals surface area contributed by atoms with Gasteiger partial charge in [-0.1, -0.05) is 18.2 Å². The molecule has 17 heavy (non-hydrogen) atoms. The number of H-pyrrole nitrogens is 1. The number of nitrogens with two attached hydrogens (primary N) is 1. The van der Waals surface area contributed by atoms with E-state index in [1.807, 2.05) is 25.1 Å². The first-order valence-electron chi connectivity index (χ1n) is 5.41. The third kappa shape index (κ3) is 1.54. The number of hydrogen-bond acceptors (Lipinski definition) is 3. The largest absolute Gasteiger partial charge is 0.396 e. The van der Waals surface area contributed by atoms with Crippen LogP contribution < -0.4 is 5.73 Å². The topological polar surface area (TPSA) is 67.6 Å². The van der Waals surface area contributed by atoms with Gasteiger partial charge in [-0.25, -0.2) is 9.97 Å². The number of nitrogens with one attached hydrogen (secondary N) is 1. The maximum absolute atomic E-state index is 5.60. The quantitative estimate of drug-likeness (QED) is 0.667. The summed E-state index contributed by atoms with van der Waals surface area (Å²) in [5.74, 6) is 0.703. The lowest BCUT2D eigenvalue weighted by molar-refractivity contribution is 1.17. The Balaban J connectivity index is 2.29. The average Bonchev–Trinajstić information content (AvgIpc) is 2.66. The van der Waals surface area contributed by atoms with Crippen LogP contribution >= 0.6 is 0 Å². The molecular formula is C13H12N4. The first kappa shape index (κ1) is 9.84. The van der Waals surface area contributed by atoms with Crippen LogP contribution in [0, 0.1) is 6.92 Å². The fraction of sp³-hybridized carbons (Fsp3) is 0.0769. The second-order valence-corrected chi connectivity index (χ2v) is 4.01. The molecule has 4 nitrogen and oxygen atoms in total. The Morgan fingerprint density at radius 3 is 2.59 bits per heavy atom. The van der Waals surface area contributed by atoms with Crippen molar-refractivity contribution >= 4 is 16.6 Å². The van der Waals surface area contributed by atoms with Gasteiger partial charge in [-0.05, 0) is 13.0 Å². The highest BCUT2D eigenvalue weighted by Gasteiger charge is 2.11. The predicted molar refractivity (Wildman–Crippen MR) is 68.5 cm³/mol. The van der Waals surface area contributed by atoms with Crippen LogP contribution in [0.4, 0.5) is 5.69 Å². The van der Waals surface area contributed by atoms with E-state index in [9.17, 15) is 0 Å². The molecule has 2 heterocycles. The number of aryl methyl sites for hydroxylation is 1. The van der Waals surface area contributed by atoms with E-state index in [4.69, 9.17) is 5.73 Å². The van der Waals surface area contributed by atoms with Gasteiger partial charge in [0.1, 0.15) is 0 Å². The summed E-state index contributed by atoms with van der Waals surface area (Å²) >= 11 is 0. The molecule has 84 valence electrons. The molecule has 0 aliphatic heterocycles. The highest BCUT2D eigenvalue weighted by Crippen LogP contribution is 2.29. The molecule has 2 aromatic heterocycles. The van der Waals surface area contributed by atoms with Crippen molar-refractivity contribution in [1.82, 2.24) is 15.0 Å². The first-order chi connectivity index (χ1) is 8.25. The summed E-state index contributed by atoms with van der Waals surface area (Å²) in [6.45, 7) is 2.02. The lowest BCUT2D eigenvalue weighted by Crippen LogP contribution is -1.92. The predicted octanol–water partition coefficient (Wildman–Crippen LogP) is 2.52. The molecular weight excluding hydrogens is 212 g/mol. The van der Waals surface area contributed by atoms with E-state index in [0.29, 0.717) is 11.5 Å². The number of rotatable bonds is 1. The third-order valence-electron chi connectivity index (χ3n) is 2.79. The van der Waals surface area contributed by atoms with Gasteiger partial charge in [0.2, 0.25) is 0 Å². The maximum atomic E-state index is 5.60. The number of aromatic nitrogens is 3. The van der Waals surface area contributed by atoms with Crippen molar-refractivity contribution in [1.29, 1.82) is 0 Å². The number of hydrogen-bond donors (Lipinski definition) is 2. The molecule has 0 aliphatic carbocycles. The molecule has 0 aliphatic rings. The smallest absolute Gasteiger partial charge is 0.161 e. The standard InChI is InChI=1S/C13H12N4/c1-8-12(13-15-6-9(14)7-16-13)10-4-2-3-5-11(10)17-8/h2-7,17H,14H2,1H3. The van der Waals surface area contributed by atoms with Crippen LogP contribution in [0.15, 0.2) is 36.7 Å². The molecule has 0 saturated heterocycles. The van der Waals surface area contributed by atoms with Crippen LogP contribution in [0.3, 0.4) is 0 Å². The zero-order valence-corrected chi connectivity index (χ0v) is 9.44. The Hall–Kier alpha value is -2.36. The van der Waals surface area contributed by atoms with Gasteiger partial charge >= 0.3 is 0 Å². The van der Waals surface area contributed by atoms with E-state index in [-0.39, 0.29) is 0 Å². The number of fused-ring (bicyclic) bond motifs is 1. The van der Waals surface area contributed by atoms with Crippen molar-refractivity contribution < 1.29 is 0 Å². The Kier molecular flexibility index (Phi) is 2.08. The minimum atomic E-state index is 0.575. The van der Waals surface area contributed by atoms with Gasteiger partial charge in [0.05, 0.1) is 18.1 Å². The molecule has 0 unspecified atom stereocenters. The minimum Gasteiger partial charge on any atom is -0.396 e. The van der Waals surface area contributed by atoms with E-state index in [0.717, 1.165) is 22.2 Å². The fourth-order valence-electron chi connectivity index (χ4n) is 2.03. The molecule has 0 saturated carbocycles. The van der Waals surface area contributed by atoms with Crippen LogP contribution in [-0.2, 0) is 0 Å². The monoisotopic (exact) mass is 224 g/mol. The second-order valence-electron chi connectivity index (χ2n) is 4.01. The normalized spacial score (nSPS) is 10.9. The molecule has 3 aromatic rings. The zero-order valence-electron chi connectivity index (χ0n) is 9.44. The van der Waals surface area contributed by atoms with E-state index in [1.165, 1.54) is 0 Å². The Morgan fingerprint density at radius 2 is 1.82 bits per heavy atom. The summed E-state index contributed by atoms with van der Waals surface area (Å²) in [5, 5.41) is 1.13. The molecule has 4 heteroatoms. The maximum Gasteiger partial charge on any atom is 0.161 e. The lowest BCUT2D eigenvalue weighted by Gasteiger charge is -2.00. The summed E-state index contributed by atoms with van der Waals surface area (Å²) in [6.07, 6.45) is 3.26. The van der Waals surface area contributed by atoms with Gasteiger partial charge in [0.15, 0.2) is 5.82 Å². The molecule has 0 fully saturated rings. The third-order valence-corrected chi connectivity index (χ3v) is 2.79. The number of nitrogen functional groups attached to an aromatic ring is 1. The summed E-state index contributed by atoms with van der Waals surface area (Å²) < 4.78 is 0. The van der Waals surface area contributed by atoms with Gasteiger partial charge in [-0.15, -0.1) is 0 Å². The van der Waals surface area contributed by atoms with E-state index in [2.05, 4.69) is 21.0 Å². The van der Waals surface area contributed by atoms with Crippen molar-refractivity contribution in [2.75, 3.05) is 5.73 Å². The van der Waals surface area contributed by atoms with Crippen LogP contribution in [0.2, 0.25) is 0 Å². The van der Waals surface area contributed by atoms with Gasteiger partial charge in [-0.2, -0.15) is 0 Å². The summed E-state index contributed by atoms with van der Waals surface area (Å²) in [4.78, 5) is 11.9. The Morgan fingerprint density at radius 1 is 1.12 bits per heavy atom. The number of aromatic amines is 1. The number of benzene rings is 1. The lowest BCUT2D eigenvalue weighted by atomic mass is 10.1. The SMILES string of the molecule is Cc1[nH]c2ccccc2c1-c1ncc(N)cn1. The Bertz CT molecular complexity index is 667. The van der Waals surface area contributed by atoms with Crippen LogP contribution in [0.25, 0.3) is 22.3 Å². The molecule has 0 radical (unpaired) electrons. The van der Waals surface area contributed by atoms with E-state index in [1.54, 1.807) is 12.4 Å². The molecule has 0 bridgehead atoms. The molecule has 0 spiro atoms. The minimum absolute atomic E-state index is 0.575. The van der Waals surface area contributed by atoms with Crippen LogP contribution in [-0.4, -0.2) is 15.0 Å². The van der Waals surface area contributed by atoms with Crippen LogP contribution in [0.1, 0.15) is 5.69 Å². The fourth-order valence-corrected chi connectivity index (χ4v) is 2.03. The molecule has 0 atom stereocenters. The average molecular weight is 224 g/mol. The summed E-state index contributed by atoms with van der Waals surface area (Å²) in [7, 11) is 0. The molecule has 0 amide bonds.